The van der Waals surface area contributed by atoms with E-state index in [9.17, 15) is 0 Å². The molecule has 142 valence electrons. The molecule has 0 aliphatic heterocycles. The largest absolute Gasteiger partial charge is 0.493 e. The molecule has 0 atom stereocenters. The lowest BCUT2D eigenvalue weighted by molar-refractivity contribution is 0.228. The van der Waals surface area contributed by atoms with Gasteiger partial charge < -0.3 is 14.0 Å². The van der Waals surface area contributed by atoms with Crippen molar-refractivity contribution in [3.8, 4) is 22.9 Å². The summed E-state index contributed by atoms with van der Waals surface area (Å²) in [6.07, 6.45) is 0. The van der Waals surface area contributed by atoms with Gasteiger partial charge >= 0.3 is 0 Å². The zero-order valence-corrected chi connectivity index (χ0v) is 16.2. The second-order valence-electron chi connectivity index (χ2n) is 6.32. The number of hydrogen-bond donors (Lipinski definition) is 0. The average Bonchev–Trinajstić information content (AvgIpc) is 3.15. The molecule has 0 unspecified atom stereocenters. The molecule has 0 fully saturated rings. The lowest BCUT2D eigenvalue weighted by Crippen LogP contribution is -2.22. The van der Waals surface area contributed by atoms with E-state index in [2.05, 4.69) is 22.0 Å². The van der Waals surface area contributed by atoms with Gasteiger partial charge in [0.1, 0.15) is 0 Å². The highest BCUT2D eigenvalue weighted by molar-refractivity contribution is 5.58. The van der Waals surface area contributed by atoms with Crippen LogP contribution in [0.15, 0.2) is 47.0 Å². The molecule has 0 N–H and O–H groups in total. The van der Waals surface area contributed by atoms with Crippen LogP contribution in [0.1, 0.15) is 23.9 Å². The average molecular weight is 367 g/mol. The summed E-state index contributed by atoms with van der Waals surface area (Å²) in [5.41, 5.74) is 3.26. The summed E-state index contributed by atoms with van der Waals surface area (Å²) in [5, 5.41) is 4.14. The zero-order chi connectivity index (χ0) is 19.2. The topological polar surface area (TPSA) is 60.6 Å². The van der Waals surface area contributed by atoms with Crippen molar-refractivity contribution >= 4 is 0 Å². The smallest absolute Gasteiger partial charge is 0.241 e. The van der Waals surface area contributed by atoms with Gasteiger partial charge in [0, 0.05) is 12.1 Å². The van der Waals surface area contributed by atoms with Crippen molar-refractivity contribution in [3.05, 3.63) is 59.5 Å². The molecule has 3 aromatic rings. The zero-order valence-electron chi connectivity index (χ0n) is 16.2. The Morgan fingerprint density at radius 3 is 2.48 bits per heavy atom. The number of hydrogen-bond acceptors (Lipinski definition) is 6. The lowest BCUT2D eigenvalue weighted by Gasteiger charge is -2.19. The van der Waals surface area contributed by atoms with Crippen LogP contribution in [0, 0.1) is 6.92 Å². The number of ether oxygens (including phenoxy) is 2. The van der Waals surface area contributed by atoms with Crippen molar-refractivity contribution in [2.75, 3.05) is 20.8 Å². The SMILES string of the molecule is CCN(Cc1ccc(OC)c(OC)c1)Cc1nc(-c2ccccc2C)no1. The molecule has 6 heteroatoms. The number of nitrogens with zero attached hydrogens (tertiary/aromatic N) is 3. The standard InChI is InChI=1S/C21H25N3O3/c1-5-24(13-16-10-11-18(25-3)19(12-16)26-4)14-20-22-21(23-27-20)17-9-7-6-8-15(17)2/h6-12H,5,13-14H2,1-4H3. The van der Waals surface area contributed by atoms with Gasteiger partial charge in [-0.05, 0) is 36.7 Å². The van der Waals surface area contributed by atoms with Gasteiger partial charge in [0.05, 0.1) is 20.8 Å². The molecule has 1 aromatic heterocycles. The highest BCUT2D eigenvalue weighted by atomic mass is 16.5. The molecular weight excluding hydrogens is 342 g/mol. The van der Waals surface area contributed by atoms with Crippen molar-refractivity contribution in [3.63, 3.8) is 0 Å². The van der Waals surface area contributed by atoms with Crippen molar-refractivity contribution in [2.24, 2.45) is 0 Å². The van der Waals surface area contributed by atoms with Crippen LogP contribution in [0.25, 0.3) is 11.4 Å². The predicted molar refractivity (Wildman–Crippen MR) is 104 cm³/mol. The first-order valence-corrected chi connectivity index (χ1v) is 8.96. The normalized spacial score (nSPS) is 11.0. The van der Waals surface area contributed by atoms with E-state index in [1.807, 2.05) is 49.4 Å². The number of methoxy groups -OCH3 is 2. The second-order valence-corrected chi connectivity index (χ2v) is 6.32. The van der Waals surface area contributed by atoms with E-state index in [0.29, 0.717) is 18.3 Å². The summed E-state index contributed by atoms with van der Waals surface area (Å²) in [7, 11) is 3.28. The van der Waals surface area contributed by atoms with Gasteiger partial charge in [-0.3, -0.25) is 4.90 Å². The third-order valence-corrected chi connectivity index (χ3v) is 4.51. The van der Waals surface area contributed by atoms with E-state index < -0.39 is 0 Å². The van der Waals surface area contributed by atoms with Gasteiger partial charge in [0.2, 0.25) is 11.7 Å². The van der Waals surface area contributed by atoms with Crippen LogP contribution in [0.5, 0.6) is 11.5 Å². The Bertz CT molecular complexity index is 892. The number of rotatable bonds is 8. The molecule has 0 aliphatic rings. The predicted octanol–water partition coefficient (Wildman–Crippen LogP) is 4.08. The van der Waals surface area contributed by atoms with Gasteiger partial charge in [-0.25, -0.2) is 0 Å². The molecule has 6 nitrogen and oxygen atoms in total. The van der Waals surface area contributed by atoms with E-state index in [-0.39, 0.29) is 0 Å². The highest BCUT2D eigenvalue weighted by Gasteiger charge is 2.14. The molecule has 3 rings (SSSR count). The maximum atomic E-state index is 5.48. The Balaban J connectivity index is 1.72. The molecular formula is C21H25N3O3. The van der Waals surface area contributed by atoms with E-state index in [1.54, 1.807) is 14.2 Å². The molecule has 0 radical (unpaired) electrons. The summed E-state index contributed by atoms with van der Waals surface area (Å²) in [4.78, 5) is 6.80. The fourth-order valence-electron chi connectivity index (χ4n) is 2.96. The van der Waals surface area contributed by atoms with Crippen molar-refractivity contribution in [2.45, 2.75) is 26.9 Å². The van der Waals surface area contributed by atoms with Gasteiger partial charge in [0.15, 0.2) is 11.5 Å². The van der Waals surface area contributed by atoms with Crippen LogP contribution in [0.4, 0.5) is 0 Å². The molecule has 0 aliphatic carbocycles. The third kappa shape index (κ3) is 4.46. The fourth-order valence-corrected chi connectivity index (χ4v) is 2.96. The number of aromatic nitrogens is 2. The summed E-state index contributed by atoms with van der Waals surface area (Å²) in [6, 6.07) is 14.0. The minimum atomic E-state index is 0.587. The first-order chi connectivity index (χ1) is 13.1. The van der Waals surface area contributed by atoms with Crippen molar-refractivity contribution in [1.82, 2.24) is 15.0 Å². The quantitative estimate of drug-likeness (QED) is 0.598. The molecule has 2 aromatic carbocycles. The third-order valence-electron chi connectivity index (χ3n) is 4.51. The molecule has 0 bridgehead atoms. The summed E-state index contributed by atoms with van der Waals surface area (Å²) in [5.74, 6) is 2.69. The number of benzene rings is 2. The van der Waals surface area contributed by atoms with Gasteiger partial charge in [-0.2, -0.15) is 4.98 Å². The maximum absolute atomic E-state index is 5.48. The minimum Gasteiger partial charge on any atom is -0.493 e. The second kappa shape index (κ2) is 8.68. The van der Waals surface area contributed by atoms with Crippen LogP contribution < -0.4 is 9.47 Å². The van der Waals surface area contributed by atoms with Crippen LogP contribution in [-0.4, -0.2) is 35.8 Å². The van der Waals surface area contributed by atoms with Gasteiger partial charge in [-0.15, -0.1) is 0 Å². The summed E-state index contributed by atoms with van der Waals surface area (Å²) in [6.45, 7) is 6.35. The fraction of sp³-hybridized carbons (Fsp3) is 0.333. The Morgan fingerprint density at radius 2 is 1.78 bits per heavy atom. The molecule has 0 amide bonds. The Hall–Kier alpha value is -2.86. The summed E-state index contributed by atoms with van der Waals surface area (Å²) < 4.78 is 16.2. The van der Waals surface area contributed by atoms with Crippen LogP contribution in [0.3, 0.4) is 0 Å². The first-order valence-electron chi connectivity index (χ1n) is 8.96. The lowest BCUT2D eigenvalue weighted by atomic mass is 10.1. The van der Waals surface area contributed by atoms with Gasteiger partial charge in [0.25, 0.3) is 0 Å². The molecule has 0 saturated heterocycles. The first kappa shape index (κ1) is 18.9. The minimum absolute atomic E-state index is 0.587. The molecule has 27 heavy (non-hydrogen) atoms. The molecule has 1 heterocycles. The highest BCUT2D eigenvalue weighted by Crippen LogP contribution is 2.28. The van der Waals surface area contributed by atoms with E-state index in [0.717, 1.165) is 41.3 Å². The van der Waals surface area contributed by atoms with E-state index in [1.165, 1.54) is 0 Å². The molecule has 0 spiro atoms. The Labute approximate surface area is 159 Å². The van der Waals surface area contributed by atoms with Crippen molar-refractivity contribution in [1.29, 1.82) is 0 Å². The van der Waals surface area contributed by atoms with Crippen LogP contribution >= 0.6 is 0 Å². The van der Waals surface area contributed by atoms with Crippen LogP contribution in [0.2, 0.25) is 0 Å². The van der Waals surface area contributed by atoms with E-state index in [4.69, 9.17) is 14.0 Å². The van der Waals surface area contributed by atoms with E-state index >= 15 is 0 Å². The van der Waals surface area contributed by atoms with Crippen LogP contribution in [-0.2, 0) is 13.1 Å². The van der Waals surface area contributed by atoms with Crippen molar-refractivity contribution < 1.29 is 14.0 Å². The Kier molecular flexibility index (Phi) is 6.08. The van der Waals surface area contributed by atoms with Gasteiger partial charge in [-0.1, -0.05) is 42.4 Å². The maximum Gasteiger partial charge on any atom is 0.241 e. The summed E-state index contributed by atoms with van der Waals surface area (Å²) >= 11 is 0. The monoisotopic (exact) mass is 367 g/mol. The Morgan fingerprint density at radius 1 is 1.00 bits per heavy atom. The molecule has 0 saturated carbocycles. The number of aryl methyl sites for hydroxylation is 1.